The third-order valence-electron chi connectivity index (χ3n) is 3.26. The van der Waals surface area contributed by atoms with Gasteiger partial charge >= 0.3 is 6.03 Å². The number of urea groups is 1. The summed E-state index contributed by atoms with van der Waals surface area (Å²) in [5.41, 5.74) is 2.20. The SMILES string of the molecule is COc1ccc(CCNC(=O)NC2=CCCC(C)=N2)cc1. The average molecular weight is 287 g/mol. The second-order valence-corrected chi connectivity index (χ2v) is 4.95. The Labute approximate surface area is 125 Å². The highest BCUT2D eigenvalue weighted by Gasteiger charge is 2.06. The van der Waals surface area contributed by atoms with Crippen LogP contribution in [0, 0.1) is 0 Å². The highest BCUT2D eigenvalue weighted by molar-refractivity contribution is 5.85. The number of benzene rings is 1. The predicted octanol–water partition coefficient (Wildman–Crippen LogP) is 2.63. The Morgan fingerprint density at radius 3 is 2.76 bits per heavy atom. The summed E-state index contributed by atoms with van der Waals surface area (Å²) < 4.78 is 5.11. The summed E-state index contributed by atoms with van der Waals surface area (Å²) in [6.07, 6.45) is 4.61. The fourth-order valence-electron chi connectivity index (χ4n) is 2.08. The normalized spacial score (nSPS) is 14.0. The maximum absolute atomic E-state index is 11.8. The Bertz CT molecular complexity index is 547. The van der Waals surface area contributed by atoms with Gasteiger partial charge in [0.2, 0.25) is 0 Å². The minimum absolute atomic E-state index is 0.215. The van der Waals surface area contributed by atoms with Crippen LogP contribution < -0.4 is 15.4 Å². The first kappa shape index (κ1) is 15.1. The first-order valence-corrected chi connectivity index (χ1v) is 7.09. The fourth-order valence-corrected chi connectivity index (χ4v) is 2.08. The Balaban J connectivity index is 1.72. The van der Waals surface area contributed by atoms with E-state index in [0.29, 0.717) is 12.4 Å². The van der Waals surface area contributed by atoms with Crippen LogP contribution in [-0.2, 0) is 6.42 Å². The molecule has 2 rings (SSSR count). The quantitative estimate of drug-likeness (QED) is 0.874. The molecule has 1 aliphatic rings. The molecule has 0 unspecified atom stereocenters. The lowest BCUT2D eigenvalue weighted by atomic mass is 10.1. The number of carbonyl (C=O) groups excluding carboxylic acids is 1. The van der Waals surface area contributed by atoms with E-state index in [2.05, 4.69) is 15.6 Å². The van der Waals surface area contributed by atoms with Gasteiger partial charge < -0.3 is 10.1 Å². The van der Waals surface area contributed by atoms with E-state index >= 15 is 0 Å². The van der Waals surface area contributed by atoms with Crippen LogP contribution in [0.25, 0.3) is 0 Å². The second-order valence-electron chi connectivity index (χ2n) is 4.95. The van der Waals surface area contributed by atoms with Crippen LogP contribution in [0.3, 0.4) is 0 Å². The van der Waals surface area contributed by atoms with Gasteiger partial charge in [0.15, 0.2) is 0 Å². The number of nitrogens with one attached hydrogen (secondary N) is 2. The number of ether oxygens (including phenoxy) is 1. The summed E-state index contributed by atoms with van der Waals surface area (Å²) >= 11 is 0. The molecule has 21 heavy (non-hydrogen) atoms. The summed E-state index contributed by atoms with van der Waals surface area (Å²) in [7, 11) is 1.64. The molecule has 112 valence electrons. The number of allylic oxidation sites excluding steroid dienone is 1. The van der Waals surface area contributed by atoms with Crippen molar-refractivity contribution in [2.75, 3.05) is 13.7 Å². The Morgan fingerprint density at radius 2 is 2.10 bits per heavy atom. The van der Waals surface area contributed by atoms with Crippen LogP contribution in [0.5, 0.6) is 5.75 Å². The number of hydrogen-bond donors (Lipinski definition) is 2. The van der Waals surface area contributed by atoms with Gasteiger partial charge in [0.1, 0.15) is 11.6 Å². The topological polar surface area (TPSA) is 62.7 Å². The van der Waals surface area contributed by atoms with E-state index in [1.165, 1.54) is 0 Å². The van der Waals surface area contributed by atoms with E-state index in [-0.39, 0.29) is 6.03 Å². The predicted molar refractivity (Wildman–Crippen MR) is 83.7 cm³/mol. The molecule has 0 saturated carbocycles. The van der Waals surface area contributed by atoms with Gasteiger partial charge in [-0.2, -0.15) is 0 Å². The number of methoxy groups -OCH3 is 1. The minimum atomic E-state index is -0.215. The molecule has 1 aliphatic heterocycles. The lowest BCUT2D eigenvalue weighted by Gasteiger charge is -2.12. The largest absolute Gasteiger partial charge is 0.497 e. The third kappa shape index (κ3) is 4.95. The number of rotatable bonds is 5. The molecule has 1 aromatic rings. The van der Waals surface area contributed by atoms with E-state index in [1.807, 2.05) is 37.3 Å². The van der Waals surface area contributed by atoms with Crippen molar-refractivity contribution in [1.29, 1.82) is 0 Å². The fraction of sp³-hybridized carbons (Fsp3) is 0.375. The molecular weight excluding hydrogens is 266 g/mol. The maximum atomic E-state index is 11.8. The van der Waals surface area contributed by atoms with Gasteiger partial charge in [-0.3, -0.25) is 5.32 Å². The number of carbonyl (C=O) groups is 1. The molecule has 2 N–H and O–H groups in total. The smallest absolute Gasteiger partial charge is 0.320 e. The van der Waals surface area contributed by atoms with Gasteiger partial charge in [0.05, 0.1) is 7.11 Å². The molecule has 0 aliphatic carbocycles. The van der Waals surface area contributed by atoms with Crippen molar-refractivity contribution in [1.82, 2.24) is 10.6 Å². The molecular formula is C16H21N3O2. The van der Waals surface area contributed by atoms with Gasteiger partial charge in [-0.15, -0.1) is 0 Å². The van der Waals surface area contributed by atoms with E-state index in [9.17, 15) is 4.79 Å². The summed E-state index contributed by atoms with van der Waals surface area (Å²) in [5, 5.41) is 5.59. The van der Waals surface area contributed by atoms with Crippen molar-refractivity contribution in [3.8, 4) is 5.75 Å². The molecule has 0 aromatic heterocycles. The standard InChI is InChI=1S/C16H21N3O2/c1-12-4-3-5-15(18-12)19-16(20)17-11-10-13-6-8-14(21-2)9-7-13/h5-9H,3-4,10-11H2,1-2H3,(H2,17,19,20). The molecule has 0 fully saturated rings. The van der Waals surface area contributed by atoms with Gasteiger partial charge in [-0.05, 0) is 50.0 Å². The van der Waals surface area contributed by atoms with E-state index in [4.69, 9.17) is 4.74 Å². The van der Waals surface area contributed by atoms with Crippen molar-refractivity contribution in [2.24, 2.45) is 4.99 Å². The summed E-state index contributed by atoms with van der Waals surface area (Å²) in [6.45, 7) is 2.55. The van der Waals surface area contributed by atoms with Gasteiger partial charge in [0, 0.05) is 12.3 Å². The number of hydrogen-bond acceptors (Lipinski definition) is 3. The zero-order valence-electron chi connectivity index (χ0n) is 12.5. The van der Waals surface area contributed by atoms with Crippen LogP contribution in [0.15, 0.2) is 41.2 Å². The lowest BCUT2D eigenvalue weighted by molar-refractivity contribution is 0.243. The Kier molecular flexibility index (Phi) is 5.37. The average Bonchev–Trinajstić information content (AvgIpc) is 2.48. The summed E-state index contributed by atoms with van der Waals surface area (Å²) in [6, 6.07) is 7.61. The zero-order chi connectivity index (χ0) is 15.1. The molecule has 1 heterocycles. The highest BCUT2D eigenvalue weighted by Crippen LogP contribution is 2.11. The van der Waals surface area contributed by atoms with E-state index in [1.54, 1.807) is 7.11 Å². The van der Waals surface area contributed by atoms with Gasteiger partial charge in [0.25, 0.3) is 0 Å². The van der Waals surface area contributed by atoms with Crippen LogP contribution in [0.1, 0.15) is 25.3 Å². The Hall–Kier alpha value is -2.30. The second kappa shape index (κ2) is 7.47. The molecule has 2 amide bonds. The van der Waals surface area contributed by atoms with Crippen molar-refractivity contribution in [3.05, 3.63) is 41.7 Å². The number of aliphatic imine (C=N–C) groups is 1. The summed E-state index contributed by atoms with van der Waals surface area (Å²) in [4.78, 5) is 16.1. The lowest BCUT2D eigenvalue weighted by Crippen LogP contribution is -2.36. The Morgan fingerprint density at radius 1 is 1.33 bits per heavy atom. The van der Waals surface area contributed by atoms with Crippen molar-refractivity contribution >= 4 is 11.7 Å². The van der Waals surface area contributed by atoms with Crippen LogP contribution in [0.2, 0.25) is 0 Å². The van der Waals surface area contributed by atoms with Crippen molar-refractivity contribution in [2.45, 2.75) is 26.2 Å². The number of amides is 2. The molecule has 0 radical (unpaired) electrons. The van der Waals surface area contributed by atoms with Crippen molar-refractivity contribution < 1.29 is 9.53 Å². The maximum Gasteiger partial charge on any atom is 0.320 e. The molecule has 0 saturated heterocycles. The van der Waals surface area contributed by atoms with Crippen molar-refractivity contribution in [3.63, 3.8) is 0 Å². The monoisotopic (exact) mass is 287 g/mol. The zero-order valence-corrected chi connectivity index (χ0v) is 12.5. The summed E-state index contributed by atoms with van der Waals surface area (Å²) in [5.74, 6) is 1.47. The molecule has 0 atom stereocenters. The molecule has 5 heteroatoms. The van der Waals surface area contributed by atoms with Crippen LogP contribution in [-0.4, -0.2) is 25.4 Å². The number of nitrogens with zero attached hydrogens (tertiary/aromatic N) is 1. The molecule has 0 spiro atoms. The minimum Gasteiger partial charge on any atom is -0.497 e. The third-order valence-corrected chi connectivity index (χ3v) is 3.26. The molecule has 5 nitrogen and oxygen atoms in total. The van der Waals surface area contributed by atoms with Gasteiger partial charge in [-0.25, -0.2) is 9.79 Å². The molecule has 0 bridgehead atoms. The first-order chi connectivity index (χ1) is 10.2. The van der Waals surface area contributed by atoms with Gasteiger partial charge in [-0.1, -0.05) is 12.1 Å². The van der Waals surface area contributed by atoms with E-state index < -0.39 is 0 Å². The first-order valence-electron chi connectivity index (χ1n) is 7.09. The highest BCUT2D eigenvalue weighted by atomic mass is 16.5. The van der Waals surface area contributed by atoms with Crippen LogP contribution >= 0.6 is 0 Å². The van der Waals surface area contributed by atoms with E-state index in [0.717, 1.165) is 36.3 Å². The van der Waals surface area contributed by atoms with Crippen LogP contribution in [0.4, 0.5) is 4.79 Å². The molecule has 1 aromatic carbocycles.